The summed E-state index contributed by atoms with van der Waals surface area (Å²) in [5.41, 5.74) is 0.870. The fourth-order valence-electron chi connectivity index (χ4n) is 1.69. The highest BCUT2D eigenvalue weighted by atomic mass is 79.9. The highest BCUT2D eigenvalue weighted by molar-refractivity contribution is 9.10. The Labute approximate surface area is 113 Å². The Bertz CT molecular complexity index is 695. The van der Waals surface area contributed by atoms with Crippen LogP contribution in [0.4, 0.5) is 0 Å². The normalized spacial score (nSPS) is 10.5. The van der Waals surface area contributed by atoms with Gasteiger partial charge in [0, 0.05) is 0 Å². The third-order valence-corrected chi connectivity index (χ3v) is 3.20. The van der Waals surface area contributed by atoms with Crippen LogP contribution in [0.1, 0.15) is 0 Å². The van der Waals surface area contributed by atoms with Crippen LogP contribution in [0, 0.1) is 0 Å². The smallest absolute Gasteiger partial charge is 0.230 e. The molecule has 0 unspecified atom stereocenters. The first-order valence-corrected chi connectivity index (χ1v) is 6.26. The summed E-state index contributed by atoms with van der Waals surface area (Å²) in [7, 11) is 0. The number of rotatable bonds is 2. The van der Waals surface area contributed by atoms with Crippen LogP contribution in [-0.2, 0) is 0 Å². The van der Waals surface area contributed by atoms with Crippen LogP contribution < -0.4 is 4.74 Å². The van der Waals surface area contributed by atoms with Gasteiger partial charge in [0.1, 0.15) is 12.1 Å². The molecule has 0 saturated heterocycles. The number of fused-ring (bicyclic) bond motifs is 1. The van der Waals surface area contributed by atoms with Crippen molar-refractivity contribution in [2.24, 2.45) is 0 Å². The van der Waals surface area contributed by atoms with Gasteiger partial charge in [-0.25, -0.2) is 9.97 Å². The van der Waals surface area contributed by atoms with Gasteiger partial charge in [0.25, 0.3) is 0 Å². The van der Waals surface area contributed by atoms with E-state index >= 15 is 0 Å². The monoisotopic (exact) mass is 300 g/mol. The molecule has 18 heavy (non-hydrogen) atoms. The van der Waals surface area contributed by atoms with Crippen LogP contribution >= 0.6 is 15.9 Å². The molecule has 0 aliphatic heterocycles. The van der Waals surface area contributed by atoms with E-state index in [2.05, 4.69) is 25.9 Å². The quantitative estimate of drug-likeness (QED) is 0.712. The number of hydrogen-bond donors (Lipinski definition) is 0. The zero-order valence-electron chi connectivity index (χ0n) is 9.38. The Hall–Kier alpha value is -1.94. The zero-order chi connectivity index (χ0) is 12.4. The highest BCUT2D eigenvalue weighted by Gasteiger charge is 2.07. The predicted molar refractivity (Wildman–Crippen MR) is 73.8 cm³/mol. The fourth-order valence-corrected chi connectivity index (χ4v) is 2.06. The van der Waals surface area contributed by atoms with E-state index in [1.807, 2.05) is 48.5 Å². The van der Waals surface area contributed by atoms with Crippen LogP contribution in [0.25, 0.3) is 10.9 Å². The molecule has 2 aromatic carbocycles. The van der Waals surface area contributed by atoms with Gasteiger partial charge in [0.15, 0.2) is 0 Å². The first kappa shape index (κ1) is 11.2. The van der Waals surface area contributed by atoms with Gasteiger partial charge in [0.05, 0.1) is 15.4 Å². The third-order valence-electron chi connectivity index (χ3n) is 2.55. The Morgan fingerprint density at radius 3 is 2.56 bits per heavy atom. The van der Waals surface area contributed by atoms with Crippen LogP contribution in [0.2, 0.25) is 0 Å². The minimum Gasteiger partial charge on any atom is -0.437 e. The van der Waals surface area contributed by atoms with Crippen molar-refractivity contribution in [2.75, 3.05) is 0 Å². The Morgan fingerprint density at radius 2 is 1.67 bits per heavy atom. The van der Waals surface area contributed by atoms with Crippen LogP contribution in [0.5, 0.6) is 11.6 Å². The molecule has 0 saturated carbocycles. The van der Waals surface area contributed by atoms with E-state index in [9.17, 15) is 0 Å². The molecule has 0 radical (unpaired) electrons. The number of para-hydroxylation sites is 2. The Morgan fingerprint density at radius 1 is 0.889 bits per heavy atom. The average Bonchev–Trinajstić information content (AvgIpc) is 2.42. The topological polar surface area (TPSA) is 35.0 Å². The summed E-state index contributed by atoms with van der Waals surface area (Å²) in [4.78, 5) is 8.39. The minimum absolute atomic E-state index is 0.563. The molecule has 0 atom stereocenters. The number of ether oxygens (including phenoxy) is 1. The maximum atomic E-state index is 5.82. The summed E-state index contributed by atoms with van der Waals surface area (Å²) < 4.78 is 6.72. The molecule has 88 valence electrons. The molecule has 0 fully saturated rings. The van der Waals surface area contributed by atoms with E-state index in [-0.39, 0.29) is 0 Å². The van der Waals surface area contributed by atoms with Gasteiger partial charge in [-0.3, -0.25) is 0 Å². The van der Waals surface area contributed by atoms with Gasteiger partial charge in [-0.1, -0.05) is 24.3 Å². The molecule has 0 amide bonds. The van der Waals surface area contributed by atoms with Crippen molar-refractivity contribution < 1.29 is 4.74 Å². The lowest BCUT2D eigenvalue weighted by Crippen LogP contribution is -1.91. The molecular weight excluding hydrogens is 292 g/mol. The molecule has 0 aliphatic rings. The lowest BCUT2D eigenvalue weighted by atomic mass is 10.2. The van der Waals surface area contributed by atoms with E-state index in [0.29, 0.717) is 5.88 Å². The second-order valence-electron chi connectivity index (χ2n) is 3.73. The van der Waals surface area contributed by atoms with Gasteiger partial charge in [-0.15, -0.1) is 0 Å². The molecule has 3 nitrogen and oxygen atoms in total. The van der Waals surface area contributed by atoms with E-state index < -0.39 is 0 Å². The number of halogens is 1. The second-order valence-corrected chi connectivity index (χ2v) is 4.58. The molecule has 4 heteroatoms. The van der Waals surface area contributed by atoms with E-state index in [4.69, 9.17) is 4.74 Å². The second kappa shape index (κ2) is 4.74. The maximum absolute atomic E-state index is 5.82. The first-order chi connectivity index (χ1) is 8.84. The summed E-state index contributed by atoms with van der Waals surface area (Å²) in [5, 5.41) is 0.899. The van der Waals surface area contributed by atoms with Gasteiger partial charge >= 0.3 is 0 Å². The first-order valence-electron chi connectivity index (χ1n) is 5.47. The Balaban J connectivity index is 2.08. The van der Waals surface area contributed by atoms with Crippen LogP contribution in [0.3, 0.4) is 0 Å². The number of nitrogens with zero attached hydrogens (tertiary/aromatic N) is 2. The van der Waals surface area contributed by atoms with Crippen molar-refractivity contribution in [1.29, 1.82) is 0 Å². The number of aromatic nitrogens is 2. The molecule has 1 aromatic heterocycles. The van der Waals surface area contributed by atoms with Gasteiger partial charge in [-0.2, -0.15) is 0 Å². The van der Waals surface area contributed by atoms with Crippen molar-refractivity contribution in [3.8, 4) is 11.6 Å². The molecule has 3 aromatic rings. The Kier molecular flexibility index (Phi) is 2.94. The third kappa shape index (κ3) is 2.07. The molecule has 3 rings (SSSR count). The summed E-state index contributed by atoms with van der Waals surface area (Å²) >= 11 is 3.45. The summed E-state index contributed by atoms with van der Waals surface area (Å²) in [6.07, 6.45) is 1.51. The summed E-state index contributed by atoms with van der Waals surface area (Å²) in [6, 6.07) is 15.4. The van der Waals surface area contributed by atoms with Crippen molar-refractivity contribution in [1.82, 2.24) is 9.97 Å². The molecule has 0 N–H and O–H groups in total. The maximum Gasteiger partial charge on any atom is 0.230 e. The fraction of sp³-hybridized carbons (Fsp3) is 0. The molecule has 0 aliphatic carbocycles. The van der Waals surface area contributed by atoms with Crippen LogP contribution in [-0.4, -0.2) is 9.97 Å². The SMILES string of the molecule is Brc1ccccc1Oc1ncnc2ccccc12. The van der Waals surface area contributed by atoms with Gasteiger partial charge < -0.3 is 4.74 Å². The van der Waals surface area contributed by atoms with Gasteiger partial charge in [-0.05, 0) is 40.2 Å². The summed E-state index contributed by atoms with van der Waals surface area (Å²) in [5.74, 6) is 1.30. The molecule has 1 heterocycles. The molecule has 0 bridgehead atoms. The summed E-state index contributed by atoms with van der Waals surface area (Å²) in [6.45, 7) is 0. The largest absolute Gasteiger partial charge is 0.437 e. The lowest BCUT2D eigenvalue weighted by molar-refractivity contribution is 0.465. The van der Waals surface area contributed by atoms with Crippen molar-refractivity contribution in [2.45, 2.75) is 0 Å². The predicted octanol–water partition coefficient (Wildman–Crippen LogP) is 4.18. The van der Waals surface area contributed by atoms with E-state index in [1.54, 1.807) is 0 Å². The highest BCUT2D eigenvalue weighted by Crippen LogP contribution is 2.31. The number of benzene rings is 2. The van der Waals surface area contributed by atoms with Crippen LogP contribution in [0.15, 0.2) is 59.3 Å². The minimum atomic E-state index is 0.563. The van der Waals surface area contributed by atoms with Crippen molar-refractivity contribution in [3.63, 3.8) is 0 Å². The van der Waals surface area contributed by atoms with Gasteiger partial charge in [0.2, 0.25) is 5.88 Å². The zero-order valence-corrected chi connectivity index (χ0v) is 11.0. The molecule has 0 spiro atoms. The average molecular weight is 301 g/mol. The van der Waals surface area contributed by atoms with Crippen molar-refractivity contribution in [3.05, 3.63) is 59.3 Å². The van der Waals surface area contributed by atoms with Crippen molar-refractivity contribution >= 4 is 26.8 Å². The lowest BCUT2D eigenvalue weighted by Gasteiger charge is -2.08. The van der Waals surface area contributed by atoms with E-state index in [0.717, 1.165) is 21.1 Å². The van der Waals surface area contributed by atoms with E-state index in [1.165, 1.54) is 6.33 Å². The molecular formula is C14H9BrN2O. The standard InChI is InChI=1S/C14H9BrN2O/c15-11-6-2-4-8-13(11)18-14-10-5-1-3-7-12(10)16-9-17-14/h1-9H. The number of hydrogen-bond acceptors (Lipinski definition) is 3.